The number of rotatable bonds is 5. The molecule has 7 heteroatoms. The highest BCUT2D eigenvalue weighted by Gasteiger charge is 2.25. The molecular weight excluding hydrogens is 222 g/mol. The number of aliphatic carboxylic acids is 1. The molecule has 0 bridgehead atoms. The van der Waals surface area contributed by atoms with Crippen LogP contribution in [0.4, 0.5) is 0 Å². The lowest BCUT2D eigenvalue weighted by Crippen LogP contribution is -2.39. The Hall–Kier alpha value is -1.34. The van der Waals surface area contributed by atoms with E-state index in [2.05, 4.69) is 4.42 Å². The van der Waals surface area contributed by atoms with Gasteiger partial charge in [0.05, 0.1) is 6.26 Å². The van der Waals surface area contributed by atoms with Crippen LogP contribution in [0.25, 0.3) is 0 Å². The average molecular weight is 233 g/mol. The summed E-state index contributed by atoms with van der Waals surface area (Å²) < 4.78 is 29.7. The summed E-state index contributed by atoms with van der Waals surface area (Å²) in [6.07, 6.45) is 1.37. The number of hydrogen-bond acceptors (Lipinski definition) is 4. The van der Waals surface area contributed by atoms with Gasteiger partial charge in [-0.1, -0.05) is 6.92 Å². The van der Waals surface area contributed by atoms with E-state index >= 15 is 0 Å². The maximum Gasteiger partial charge on any atom is 0.321 e. The second-order valence-electron chi connectivity index (χ2n) is 2.85. The molecule has 0 aliphatic rings. The Morgan fingerprint density at radius 2 is 2.33 bits per heavy atom. The normalized spacial score (nSPS) is 13.7. The fourth-order valence-electron chi connectivity index (χ4n) is 0.970. The molecule has 1 rings (SSSR count). The number of sulfonamides is 1. The zero-order valence-electron chi connectivity index (χ0n) is 8.00. The summed E-state index contributed by atoms with van der Waals surface area (Å²) in [5.41, 5.74) is 0. The standard InChI is InChI=1S/C8H11NO5S/c1-2-6(8(10)11)9-15(12,13)7-4-3-5-14-7/h3-6,9H,2H2,1H3,(H,10,11). The lowest BCUT2D eigenvalue weighted by molar-refractivity contribution is -0.139. The Morgan fingerprint density at radius 3 is 2.73 bits per heavy atom. The molecule has 0 fully saturated rings. The largest absolute Gasteiger partial charge is 0.480 e. The average Bonchev–Trinajstić information content (AvgIpc) is 2.67. The second-order valence-corrected chi connectivity index (χ2v) is 4.50. The number of nitrogens with one attached hydrogen (secondary N) is 1. The summed E-state index contributed by atoms with van der Waals surface area (Å²) in [6, 6.07) is 1.52. The maximum absolute atomic E-state index is 11.5. The molecule has 0 saturated heterocycles. The van der Waals surface area contributed by atoms with Crippen LogP contribution in [0.15, 0.2) is 27.9 Å². The fraction of sp³-hybridized carbons (Fsp3) is 0.375. The van der Waals surface area contributed by atoms with Crippen molar-refractivity contribution in [3.05, 3.63) is 18.4 Å². The van der Waals surface area contributed by atoms with Crippen molar-refractivity contribution in [2.45, 2.75) is 24.5 Å². The summed E-state index contributed by atoms with van der Waals surface area (Å²) in [6.45, 7) is 1.57. The van der Waals surface area contributed by atoms with Gasteiger partial charge in [0.2, 0.25) is 5.09 Å². The molecule has 0 aromatic carbocycles. The van der Waals surface area contributed by atoms with Crippen molar-refractivity contribution in [3.63, 3.8) is 0 Å². The van der Waals surface area contributed by atoms with E-state index in [1.807, 2.05) is 4.72 Å². The first-order chi connectivity index (χ1) is 6.97. The Balaban J connectivity index is 2.86. The van der Waals surface area contributed by atoms with E-state index in [0.717, 1.165) is 0 Å². The summed E-state index contributed by atoms with van der Waals surface area (Å²) >= 11 is 0. The molecule has 84 valence electrons. The van der Waals surface area contributed by atoms with Crippen molar-refractivity contribution < 1.29 is 22.7 Å². The monoisotopic (exact) mass is 233 g/mol. The maximum atomic E-state index is 11.5. The summed E-state index contributed by atoms with van der Waals surface area (Å²) in [5, 5.41) is 8.39. The van der Waals surface area contributed by atoms with Crippen LogP contribution in [0.3, 0.4) is 0 Å². The van der Waals surface area contributed by atoms with Gasteiger partial charge in [0, 0.05) is 0 Å². The first-order valence-electron chi connectivity index (χ1n) is 4.26. The van der Waals surface area contributed by atoms with E-state index in [1.165, 1.54) is 18.4 Å². The fourth-order valence-corrected chi connectivity index (χ4v) is 2.17. The molecule has 1 atom stereocenters. The molecule has 0 radical (unpaired) electrons. The Kier molecular flexibility index (Phi) is 3.48. The number of carbonyl (C=O) groups is 1. The van der Waals surface area contributed by atoms with Gasteiger partial charge in [0.15, 0.2) is 0 Å². The van der Waals surface area contributed by atoms with Crippen LogP contribution in [-0.4, -0.2) is 25.5 Å². The third kappa shape index (κ3) is 2.80. The molecule has 2 N–H and O–H groups in total. The van der Waals surface area contributed by atoms with Gasteiger partial charge in [-0.05, 0) is 18.6 Å². The molecule has 0 aliphatic heterocycles. The second kappa shape index (κ2) is 4.45. The van der Waals surface area contributed by atoms with E-state index in [-0.39, 0.29) is 11.5 Å². The molecule has 1 unspecified atom stereocenters. The zero-order valence-corrected chi connectivity index (χ0v) is 8.82. The van der Waals surface area contributed by atoms with Crippen LogP contribution >= 0.6 is 0 Å². The van der Waals surface area contributed by atoms with Crippen molar-refractivity contribution in [3.8, 4) is 0 Å². The number of hydrogen-bond donors (Lipinski definition) is 2. The van der Waals surface area contributed by atoms with Crippen LogP contribution < -0.4 is 4.72 Å². The topological polar surface area (TPSA) is 96.6 Å². The number of carboxylic acids is 1. The van der Waals surface area contributed by atoms with Crippen molar-refractivity contribution in [1.29, 1.82) is 0 Å². The van der Waals surface area contributed by atoms with Crippen molar-refractivity contribution in [2.75, 3.05) is 0 Å². The van der Waals surface area contributed by atoms with Gasteiger partial charge in [0.1, 0.15) is 6.04 Å². The minimum atomic E-state index is -3.87. The van der Waals surface area contributed by atoms with E-state index in [1.54, 1.807) is 6.92 Å². The molecule has 0 aliphatic carbocycles. The molecular formula is C8H11NO5S. The van der Waals surface area contributed by atoms with E-state index in [9.17, 15) is 13.2 Å². The minimum absolute atomic E-state index is 0.162. The predicted octanol–water partition coefficient (Wildman–Crippen LogP) is 0.421. The van der Waals surface area contributed by atoms with Gasteiger partial charge in [0.25, 0.3) is 10.0 Å². The van der Waals surface area contributed by atoms with E-state index in [4.69, 9.17) is 5.11 Å². The van der Waals surface area contributed by atoms with Gasteiger partial charge in [-0.15, -0.1) is 0 Å². The van der Waals surface area contributed by atoms with Crippen LogP contribution in [-0.2, 0) is 14.8 Å². The van der Waals surface area contributed by atoms with Gasteiger partial charge in [-0.2, -0.15) is 4.72 Å². The van der Waals surface area contributed by atoms with E-state index < -0.39 is 22.0 Å². The van der Waals surface area contributed by atoms with Gasteiger partial charge in [-0.25, -0.2) is 8.42 Å². The first kappa shape index (κ1) is 11.7. The molecule has 1 aromatic heterocycles. The number of furan rings is 1. The molecule has 15 heavy (non-hydrogen) atoms. The zero-order chi connectivity index (χ0) is 11.5. The Morgan fingerprint density at radius 1 is 1.67 bits per heavy atom. The van der Waals surface area contributed by atoms with Gasteiger partial charge in [-0.3, -0.25) is 4.79 Å². The minimum Gasteiger partial charge on any atom is -0.480 e. The van der Waals surface area contributed by atoms with Crippen LogP contribution in [0, 0.1) is 0 Å². The molecule has 0 amide bonds. The third-order valence-corrected chi connectivity index (χ3v) is 3.12. The summed E-state index contributed by atoms with van der Waals surface area (Å²) in [7, 11) is -3.87. The van der Waals surface area contributed by atoms with Crippen molar-refractivity contribution >= 4 is 16.0 Å². The highest BCUT2D eigenvalue weighted by molar-refractivity contribution is 7.89. The predicted molar refractivity (Wildman–Crippen MR) is 50.7 cm³/mol. The summed E-state index contributed by atoms with van der Waals surface area (Å²) in [5.74, 6) is -1.22. The Labute approximate surface area is 87.0 Å². The molecule has 0 saturated carbocycles. The van der Waals surface area contributed by atoms with Gasteiger partial charge >= 0.3 is 5.97 Å². The van der Waals surface area contributed by atoms with Crippen LogP contribution in [0.2, 0.25) is 0 Å². The molecule has 1 heterocycles. The van der Waals surface area contributed by atoms with Crippen molar-refractivity contribution in [2.24, 2.45) is 0 Å². The third-order valence-electron chi connectivity index (χ3n) is 1.76. The van der Waals surface area contributed by atoms with Crippen LogP contribution in [0.1, 0.15) is 13.3 Å². The lowest BCUT2D eigenvalue weighted by Gasteiger charge is -2.10. The SMILES string of the molecule is CCC(NS(=O)(=O)c1ccco1)C(=O)O. The highest BCUT2D eigenvalue weighted by atomic mass is 32.2. The Bertz CT molecular complexity index is 422. The lowest BCUT2D eigenvalue weighted by atomic mass is 10.2. The van der Waals surface area contributed by atoms with Crippen molar-refractivity contribution in [1.82, 2.24) is 4.72 Å². The molecule has 1 aromatic rings. The van der Waals surface area contributed by atoms with Gasteiger partial charge < -0.3 is 9.52 Å². The smallest absolute Gasteiger partial charge is 0.321 e. The van der Waals surface area contributed by atoms with E-state index in [0.29, 0.717) is 0 Å². The quantitative estimate of drug-likeness (QED) is 0.768. The van der Waals surface area contributed by atoms with Crippen LogP contribution in [0.5, 0.6) is 0 Å². The molecule has 0 spiro atoms. The molecule has 6 nitrogen and oxygen atoms in total. The highest BCUT2D eigenvalue weighted by Crippen LogP contribution is 2.09. The first-order valence-corrected chi connectivity index (χ1v) is 5.74. The summed E-state index contributed by atoms with van der Waals surface area (Å²) in [4.78, 5) is 10.6. The number of carboxylic acid groups (broad SMARTS) is 1.